The third-order valence-corrected chi connectivity index (χ3v) is 6.59. The van der Waals surface area contributed by atoms with Crippen LogP contribution in [-0.4, -0.2) is 59.6 Å². The average molecular weight is 523 g/mol. The Kier molecular flexibility index (Phi) is 10.5. The molecule has 0 spiro atoms. The van der Waals surface area contributed by atoms with Gasteiger partial charge in [-0.1, -0.05) is 61.5 Å². The maximum Gasteiger partial charge on any atom is 0.326 e. The number of rotatable bonds is 12. The van der Waals surface area contributed by atoms with E-state index in [9.17, 15) is 14.4 Å². The number of aryl methyl sites for hydroxylation is 1. The fraction of sp³-hybridized carbons (Fsp3) is 0.516. The number of hydrogen-bond donors (Lipinski definition) is 1. The smallest absolute Gasteiger partial charge is 0.326 e. The third kappa shape index (κ3) is 8.69. The van der Waals surface area contributed by atoms with Gasteiger partial charge in [0.15, 0.2) is 0 Å². The Bertz CT molecular complexity index is 1050. The van der Waals surface area contributed by atoms with Crippen molar-refractivity contribution in [2.45, 2.75) is 90.4 Å². The lowest BCUT2D eigenvalue weighted by Crippen LogP contribution is -2.55. The molecule has 1 amide bonds. The summed E-state index contributed by atoms with van der Waals surface area (Å²) in [6.07, 6.45) is 3.23. The van der Waals surface area contributed by atoms with Crippen LogP contribution in [0.1, 0.15) is 64.2 Å². The molecule has 1 aliphatic carbocycles. The molecule has 1 N–H and O–H groups in total. The second-order valence-corrected chi connectivity index (χ2v) is 11.0. The quantitative estimate of drug-likeness (QED) is 0.420. The lowest BCUT2D eigenvalue weighted by molar-refractivity contribution is -0.160. The van der Waals surface area contributed by atoms with Crippen molar-refractivity contribution in [2.24, 2.45) is 0 Å². The van der Waals surface area contributed by atoms with E-state index in [0.29, 0.717) is 32.3 Å². The number of ether oxygens (including phenoxy) is 2. The first-order valence-corrected chi connectivity index (χ1v) is 13.6. The van der Waals surface area contributed by atoms with Crippen molar-refractivity contribution in [1.82, 2.24) is 10.2 Å². The van der Waals surface area contributed by atoms with Crippen LogP contribution in [-0.2, 0) is 43.1 Å². The first-order chi connectivity index (χ1) is 18.1. The number of nitrogens with zero attached hydrogens (tertiary/aromatic N) is 1. The third-order valence-electron chi connectivity index (χ3n) is 6.59. The van der Waals surface area contributed by atoms with Crippen LogP contribution in [0.3, 0.4) is 0 Å². The Hall–Kier alpha value is -3.19. The molecular weight excluding hydrogens is 480 g/mol. The van der Waals surface area contributed by atoms with Gasteiger partial charge in [-0.3, -0.25) is 19.7 Å². The number of carbonyl (C=O) groups is 3. The van der Waals surface area contributed by atoms with Crippen LogP contribution in [0, 0.1) is 0 Å². The van der Waals surface area contributed by atoms with Gasteiger partial charge in [-0.25, -0.2) is 0 Å². The van der Waals surface area contributed by atoms with Crippen LogP contribution in [0.4, 0.5) is 0 Å². The summed E-state index contributed by atoms with van der Waals surface area (Å²) in [5.41, 5.74) is 2.82. The summed E-state index contributed by atoms with van der Waals surface area (Å²) in [6.45, 7) is 9.31. The molecule has 7 heteroatoms. The highest BCUT2D eigenvalue weighted by Gasteiger charge is 2.35. The largest absolute Gasteiger partial charge is 0.465 e. The Labute approximate surface area is 226 Å². The highest BCUT2D eigenvalue weighted by molar-refractivity contribution is 5.87. The lowest BCUT2D eigenvalue weighted by atomic mass is 10.0. The number of amides is 1. The summed E-state index contributed by atoms with van der Waals surface area (Å²) in [5, 5.41) is 3.22. The molecule has 206 valence electrons. The molecule has 0 radical (unpaired) electrons. The summed E-state index contributed by atoms with van der Waals surface area (Å²) in [4.78, 5) is 41.2. The minimum Gasteiger partial charge on any atom is -0.465 e. The molecule has 1 unspecified atom stereocenters. The molecule has 7 nitrogen and oxygen atoms in total. The minimum absolute atomic E-state index is 0.143. The highest BCUT2D eigenvalue weighted by Crippen LogP contribution is 2.26. The molecule has 1 aliphatic rings. The number of nitrogens with one attached hydrogen (secondary N) is 1. The van der Waals surface area contributed by atoms with Crippen LogP contribution in [0.15, 0.2) is 54.6 Å². The molecule has 0 saturated carbocycles. The zero-order valence-corrected chi connectivity index (χ0v) is 23.4. The summed E-state index contributed by atoms with van der Waals surface area (Å²) in [7, 11) is 0. The number of carbonyl (C=O) groups excluding carboxylic acids is 3. The van der Waals surface area contributed by atoms with Crippen molar-refractivity contribution >= 4 is 17.8 Å². The number of benzene rings is 2. The van der Waals surface area contributed by atoms with E-state index < -0.39 is 23.7 Å². The van der Waals surface area contributed by atoms with Crippen LogP contribution < -0.4 is 5.32 Å². The molecular formula is C31H42N2O5. The maximum absolute atomic E-state index is 13.8. The Morgan fingerprint density at radius 1 is 1.00 bits per heavy atom. The van der Waals surface area contributed by atoms with Crippen molar-refractivity contribution in [3.05, 3.63) is 71.3 Å². The molecule has 0 aliphatic heterocycles. The van der Waals surface area contributed by atoms with Crippen molar-refractivity contribution in [1.29, 1.82) is 0 Å². The van der Waals surface area contributed by atoms with E-state index in [0.717, 1.165) is 12.0 Å². The minimum atomic E-state index is -0.698. The maximum atomic E-state index is 13.8. The molecule has 3 rings (SSSR count). The average Bonchev–Trinajstić information content (AvgIpc) is 3.31. The molecule has 2 aromatic carbocycles. The van der Waals surface area contributed by atoms with E-state index in [1.54, 1.807) is 11.8 Å². The molecule has 0 fully saturated rings. The van der Waals surface area contributed by atoms with Gasteiger partial charge in [-0.15, -0.1) is 0 Å². The van der Waals surface area contributed by atoms with Gasteiger partial charge in [0.2, 0.25) is 5.91 Å². The van der Waals surface area contributed by atoms with Crippen LogP contribution in [0.5, 0.6) is 0 Å². The van der Waals surface area contributed by atoms with Gasteiger partial charge in [-0.2, -0.15) is 0 Å². The molecule has 0 aromatic heterocycles. The van der Waals surface area contributed by atoms with E-state index >= 15 is 0 Å². The van der Waals surface area contributed by atoms with Gasteiger partial charge in [0.05, 0.1) is 12.6 Å². The van der Waals surface area contributed by atoms with Crippen molar-refractivity contribution in [2.75, 3.05) is 13.2 Å². The summed E-state index contributed by atoms with van der Waals surface area (Å²) < 4.78 is 11.0. The fourth-order valence-electron chi connectivity index (χ4n) is 4.81. The van der Waals surface area contributed by atoms with Crippen LogP contribution in [0.25, 0.3) is 0 Å². The lowest BCUT2D eigenvalue weighted by Gasteiger charge is -2.33. The molecule has 0 heterocycles. The predicted molar refractivity (Wildman–Crippen MR) is 148 cm³/mol. The van der Waals surface area contributed by atoms with Crippen LogP contribution >= 0.6 is 0 Å². The van der Waals surface area contributed by atoms with Crippen molar-refractivity contribution < 1.29 is 23.9 Å². The van der Waals surface area contributed by atoms with E-state index in [1.807, 2.05) is 70.2 Å². The van der Waals surface area contributed by atoms with E-state index in [4.69, 9.17) is 9.47 Å². The molecule has 2 aromatic rings. The first-order valence-electron chi connectivity index (χ1n) is 13.6. The zero-order chi connectivity index (χ0) is 27.7. The molecule has 0 bridgehead atoms. The normalized spacial score (nSPS) is 14.9. The fourth-order valence-corrected chi connectivity index (χ4v) is 4.81. The van der Waals surface area contributed by atoms with Gasteiger partial charge in [-0.05, 0) is 76.5 Å². The monoisotopic (exact) mass is 522 g/mol. The first kappa shape index (κ1) is 29.4. The van der Waals surface area contributed by atoms with Gasteiger partial charge < -0.3 is 14.4 Å². The summed E-state index contributed by atoms with van der Waals surface area (Å²) in [6, 6.07) is 16.5. The Morgan fingerprint density at radius 3 is 2.18 bits per heavy atom. The number of fused-ring (bicyclic) bond motifs is 1. The van der Waals surface area contributed by atoms with E-state index in [1.165, 1.54) is 11.1 Å². The highest BCUT2D eigenvalue weighted by atomic mass is 16.6. The standard InChI is InChI=1S/C31H42N2O5/c1-6-18-37-30(36)27(17-16-23-12-8-7-9-13-23)32-22(2)29(35)33(21-28(34)38-31(3,4)5)26-19-24-14-10-11-15-25(24)20-26/h7-15,22,26-27,32H,6,16-21H2,1-5H3/t22-,27?/m0/s1. The van der Waals surface area contributed by atoms with E-state index in [2.05, 4.69) is 17.4 Å². The summed E-state index contributed by atoms with van der Waals surface area (Å²) in [5.74, 6) is -1.05. The van der Waals surface area contributed by atoms with E-state index in [-0.39, 0.29) is 24.5 Å². The topological polar surface area (TPSA) is 84.9 Å². The molecule has 38 heavy (non-hydrogen) atoms. The van der Waals surface area contributed by atoms with Gasteiger partial charge in [0, 0.05) is 6.04 Å². The number of hydrogen-bond acceptors (Lipinski definition) is 6. The Morgan fingerprint density at radius 2 is 1.61 bits per heavy atom. The zero-order valence-electron chi connectivity index (χ0n) is 23.4. The van der Waals surface area contributed by atoms with Gasteiger partial charge in [0.1, 0.15) is 18.2 Å². The SMILES string of the molecule is CCCOC(=O)C(CCc1ccccc1)N[C@@H](C)C(=O)N(CC(=O)OC(C)(C)C)C1Cc2ccccc2C1. The molecule has 2 atom stereocenters. The Balaban J connectivity index is 1.75. The number of esters is 2. The predicted octanol–water partition coefficient (Wildman–Crippen LogP) is 4.26. The second kappa shape index (κ2) is 13.6. The molecule has 0 saturated heterocycles. The van der Waals surface area contributed by atoms with Crippen LogP contribution in [0.2, 0.25) is 0 Å². The van der Waals surface area contributed by atoms with Crippen molar-refractivity contribution in [3.8, 4) is 0 Å². The van der Waals surface area contributed by atoms with Crippen molar-refractivity contribution in [3.63, 3.8) is 0 Å². The second-order valence-electron chi connectivity index (χ2n) is 11.0. The summed E-state index contributed by atoms with van der Waals surface area (Å²) >= 11 is 0. The van der Waals surface area contributed by atoms with Gasteiger partial charge in [0.25, 0.3) is 0 Å². The van der Waals surface area contributed by atoms with Gasteiger partial charge >= 0.3 is 11.9 Å².